The smallest absolute Gasteiger partial charge is 0.226 e. The molecule has 0 bridgehead atoms. The van der Waals surface area contributed by atoms with Gasteiger partial charge < -0.3 is 4.74 Å². The van der Waals surface area contributed by atoms with Crippen LogP contribution in [0.1, 0.15) is 35.3 Å². The molecule has 0 aliphatic carbocycles. The second-order valence-electron chi connectivity index (χ2n) is 4.03. The lowest BCUT2D eigenvalue weighted by Gasteiger charge is -2.10. The molecule has 0 saturated heterocycles. The number of rotatable bonds is 4. The fourth-order valence-electron chi connectivity index (χ4n) is 1.68. The van der Waals surface area contributed by atoms with Crippen molar-refractivity contribution in [3.05, 3.63) is 33.2 Å². The number of hydrogen-bond acceptors (Lipinski definition) is 4. The lowest BCUT2D eigenvalue weighted by atomic mass is 10.2. The minimum atomic E-state index is -0.155. The molecule has 0 aromatic carbocycles. The Kier molecular flexibility index (Phi) is 3.73. The van der Waals surface area contributed by atoms with Crippen molar-refractivity contribution in [1.29, 1.82) is 0 Å². The summed E-state index contributed by atoms with van der Waals surface area (Å²) in [5, 5.41) is 6.31. The van der Waals surface area contributed by atoms with Crippen molar-refractivity contribution < 1.29 is 9.53 Å². The zero-order chi connectivity index (χ0) is 13.3. The standard InChI is InChI=1S/C12H13ClN2O2S/c1-7(2)15-10(8(13)6-14-15)11(16)12-9(17-3)4-5-18-12/h4-7H,1-3H3. The van der Waals surface area contributed by atoms with Gasteiger partial charge in [-0.15, -0.1) is 11.3 Å². The Morgan fingerprint density at radius 1 is 1.56 bits per heavy atom. The number of ether oxygens (including phenoxy) is 1. The topological polar surface area (TPSA) is 44.1 Å². The van der Waals surface area contributed by atoms with Gasteiger partial charge in [-0.1, -0.05) is 11.6 Å². The molecule has 0 N–H and O–H groups in total. The zero-order valence-corrected chi connectivity index (χ0v) is 11.9. The first kappa shape index (κ1) is 13.1. The van der Waals surface area contributed by atoms with E-state index < -0.39 is 0 Å². The fraction of sp³-hybridized carbons (Fsp3) is 0.333. The highest BCUT2D eigenvalue weighted by atomic mass is 35.5. The summed E-state index contributed by atoms with van der Waals surface area (Å²) < 4.78 is 6.79. The van der Waals surface area contributed by atoms with Gasteiger partial charge in [0.05, 0.1) is 18.3 Å². The summed E-state index contributed by atoms with van der Waals surface area (Å²) in [6, 6.07) is 1.84. The largest absolute Gasteiger partial charge is 0.495 e. The summed E-state index contributed by atoms with van der Waals surface area (Å²) in [5.74, 6) is 0.413. The van der Waals surface area contributed by atoms with Crippen molar-refractivity contribution in [1.82, 2.24) is 9.78 Å². The third-order valence-electron chi connectivity index (χ3n) is 2.51. The minimum absolute atomic E-state index is 0.0717. The molecular weight excluding hydrogens is 272 g/mol. The molecule has 0 amide bonds. The molecule has 0 aliphatic rings. The van der Waals surface area contributed by atoms with Crippen LogP contribution in [0, 0.1) is 0 Å². The van der Waals surface area contributed by atoms with Crippen LogP contribution in [0.3, 0.4) is 0 Å². The van der Waals surface area contributed by atoms with Crippen LogP contribution >= 0.6 is 22.9 Å². The first-order valence-corrected chi connectivity index (χ1v) is 6.71. The fourth-order valence-corrected chi connectivity index (χ4v) is 2.69. The van der Waals surface area contributed by atoms with Gasteiger partial charge >= 0.3 is 0 Å². The molecule has 0 radical (unpaired) electrons. The Morgan fingerprint density at radius 2 is 2.28 bits per heavy atom. The summed E-state index contributed by atoms with van der Waals surface area (Å²) in [5.41, 5.74) is 0.410. The SMILES string of the molecule is COc1ccsc1C(=O)c1c(Cl)cnn1C(C)C. The van der Waals surface area contributed by atoms with Crippen molar-refractivity contribution in [2.24, 2.45) is 0 Å². The van der Waals surface area contributed by atoms with Crippen LogP contribution in [-0.4, -0.2) is 22.7 Å². The van der Waals surface area contributed by atoms with Gasteiger partial charge in [-0.2, -0.15) is 5.10 Å². The van der Waals surface area contributed by atoms with Gasteiger partial charge in [-0.3, -0.25) is 9.48 Å². The van der Waals surface area contributed by atoms with E-state index in [2.05, 4.69) is 5.10 Å². The zero-order valence-electron chi connectivity index (χ0n) is 10.3. The van der Waals surface area contributed by atoms with Gasteiger partial charge in [-0.25, -0.2) is 0 Å². The lowest BCUT2D eigenvalue weighted by molar-refractivity contribution is 0.102. The highest BCUT2D eigenvalue weighted by Crippen LogP contribution is 2.30. The molecule has 0 fully saturated rings. The van der Waals surface area contributed by atoms with Crippen molar-refractivity contribution in [3.63, 3.8) is 0 Å². The van der Waals surface area contributed by atoms with Crippen LogP contribution in [-0.2, 0) is 0 Å². The highest BCUT2D eigenvalue weighted by molar-refractivity contribution is 7.12. The van der Waals surface area contributed by atoms with Gasteiger partial charge in [-0.05, 0) is 25.3 Å². The molecule has 2 heterocycles. The number of hydrogen-bond donors (Lipinski definition) is 0. The molecule has 18 heavy (non-hydrogen) atoms. The summed E-state index contributed by atoms with van der Waals surface area (Å²) >= 11 is 7.39. The Hall–Kier alpha value is -1.33. The van der Waals surface area contributed by atoms with Gasteiger partial charge in [0.15, 0.2) is 0 Å². The lowest BCUT2D eigenvalue weighted by Crippen LogP contribution is -2.13. The molecule has 0 spiro atoms. The maximum Gasteiger partial charge on any atom is 0.226 e. The number of aromatic nitrogens is 2. The Bertz CT molecular complexity index is 574. The molecule has 2 rings (SSSR count). The molecule has 4 nitrogen and oxygen atoms in total. The van der Waals surface area contributed by atoms with E-state index in [0.717, 1.165) is 0 Å². The molecule has 96 valence electrons. The second kappa shape index (κ2) is 5.12. The summed E-state index contributed by atoms with van der Waals surface area (Å²) in [6.07, 6.45) is 1.49. The maximum absolute atomic E-state index is 12.5. The summed E-state index contributed by atoms with van der Waals surface area (Å²) in [7, 11) is 1.54. The van der Waals surface area contributed by atoms with E-state index in [1.165, 1.54) is 17.5 Å². The van der Waals surface area contributed by atoms with Crippen LogP contribution in [0.15, 0.2) is 17.6 Å². The molecule has 2 aromatic rings. The van der Waals surface area contributed by atoms with E-state index >= 15 is 0 Å². The second-order valence-corrected chi connectivity index (χ2v) is 5.35. The van der Waals surface area contributed by atoms with Crippen LogP contribution < -0.4 is 4.74 Å². The predicted octanol–water partition coefficient (Wildman–Crippen LogP) is 3.42. The first-order chi connectivity index (χ1) is 8.56. The number of carbonyl (C=O) groups excluding carboxylic acids is 1. The first-order valence-electron chi connectivity index (χ1n) is 5.45. The van der Waals surface area contributed by atoms with Crippen molar-refractivity contribution in [3.8, 4) is 5.75 Å². The number of nitrogens with zero attached hydrogens (tertiary/aromatic N) is 2. The van der Waals surface area contributed by atoms with E-state index in [1.54, 1.807) is 17.9 Å². The Balaban J connectivity index is 2.49. The van der Waals surface area contributed by atoms with Crippen LogP contribution in [0.25, 0.3) is 0 Å². The molecule has 0 unspecified atom stereocenters. The highest BCUT2D eigenvalue weighted by Gasteiger charge is 2.24. The molecule has 2 aromatic heterocycles. The van der Waals surface area contributed by atoms with E-state index in [4.69, 9.17) is 16.3 Å². The predicted molar refractivity (Wildman–Crippen MR) is 71.9 cm³/mol. The van der Waals surface area contributed by atoms with Crippen molar-refractivity contribution in [2.75, 3.05) is 7.11 Å². The molecular formula is C12H13ClN2O2S. The molecule has 0 atom stereocenters. The third kappa shape index (κ3) is 2.15. The molecule has 0 saturated carbocycles. The normalized spacial score (nSPS) is 10.9. The summed E-state index contributed by atoms with van der Waals surface area (Å²) in [6.45, 7) is 3.90. The maximum atomic E-state index is 12.5. The number of halogens is 1. The van der Waals surface area contributed by atoms with E-state index in [9.17, 15) is 4.79 Å². The Labute approximate surface area is 114 Å². The number of methoxy groups -OCH3 is 1. The average molecular weight is 285 g/mol. The van der Waals surface area contributed by atoms with Crippen molar-refractivity contribution in [2.45, 2.75) is 19.9 Å². The quantitative estimate of drug-likeness (QED) is 0.808. The molecule has 0 aliphatic heterocycles. The monoisotopic (exact) mass is 284 g/mol. The van der Waals surface area contributed by atoms with Crippen molar-refractivity contribution >= 4 is 28.7 Å². The number of ketones is 1. The Morgan fingerprint density at radius 3 is 2.89 bits per heavy atom. The van der Waals surface area contributed by atoms with Crippen LogP contribution in [0.2, 0.25) is 5.02 Å². The third-order valence-corrected chi connectivity index (χ3v) is 3.68. The van der Waals surface area contributed by atoms with Crippen LogP contribution in [0.5, 0.6) is 5.75 Å². The van der Waals surface area contributed by atoms with Gasteiger partial charge in [0.25, 0.3) is 0 Å². The van der Waals surface area contributed by atoms with Crippen LogP contribution in [0.4, 0.5) is 0 Å². The van der Waals surface area contributed by atoms with Gasteiger partial charge in [0, 0.05) is 6.04 Å². The summed E-state index contributed by atoms with van der Waals surface area (Å²) in [4.78, 5) is 13.0. The average Bonchev–Trinajstić information content (AvgIpc) is 2.93. The van der Waals surface area contributed by atoms with E-state index in [0.29, 0.717) is 21.3 Å². The van der Waals surface area contributed by atoms with E-state index in [1.807, 2.05) is 19.2 Å². The molecule has 6 heteroatoms. The van der Waals surface area contributed by atoms with Gasteiger partial charge in [0.2, 0.25) is 5.78 Å². The number of thiophene rings is 1. The van der Waals surface area contributed by atoms with Gasteiger partial charge in [0.1, 0.15) is 16.3 Å². The minimum Gasteiger partial charge on any atom is -0.495 e. The van der Waals surface area contributed by atoms with E-state index in [-0.39, 0.29) is 11.8 Å². The number of carbonyl (C=O) groups is 1.